The Morgan fingerprint density at radius 1 is 1.40 bits per heavy atom. The normalized spacial score (nSPS) is 12.0. The fourth-order valence-corrected chi connectivity index (χ4v) is 1.20. The van der Waals surface area contributed by atoms with Gasteiger partial charge in [0.1, 0.15) is 0 Å². The molecule has 1 rings (SSSR count). The first-order valence-electron chi connectivity index (χ1n) is 4.64. The number of nitrogen functional groups attached to an aromatic ring is 1. The maximum absolute atomic E-state index is 8.93. The SMILES string of the molecule is COCCOC(C#N)c1ccccc1N. The average Bonchev–Trinajstić information content (AvgIpc) is 2.26. The highest BCUT2D eigenvalue weighted by Gasteiger charge is 2.12. The third-order valence-corrected chi connectivity index (χ3v) is 1.97. The van der Waals surface area contributed by atoms with Crippen LogP contribution in [0.3, 0.4) is 0 Å². The first-order valence-corrected chi connectivity index (χ1v) is 4.64. The molecular weight excluding hydrogens is 192 g/mol. The van der Waals surface area contributed by atoms with Gasteiger partial charge in [-0.25, -0.2) is 0 Å². The maximum atomic E-state index is 8.93. The number of nitrogens with two attached hydrogens (primary N) is 1. The quantitative estimate of drug-likeness (QED) is 0.585. The lowest BCUT2D eigenvalue weighted by Crippen LogP contribution is -2.09. The predicted octanol–water partition coefficient (Wildman–Crippen LogP) is 1.50. The summed E-state index contributed by atoms with van der Waals surface area (Å²) in [5.41, 5.74) is 7.01. The van der Waals surface area contributed by atoms with Gasteiger partial charge in [0.05, 0.1) is 19.3 Å². The van der Waals surface area contributed by atoms with Gasteiger partial charge in [-0.2, -0.15) is 5.26 Å². The van der Waals surface area contributed by atoms with Gasteiger partial charge >= 0.3 is 0 Å². The second kappa shape index (κ2) is 6.02. The van der Waals surface area contributed by atoms with Crippen LogP contribution in [0.4, 0.5) is 5.69 Å². The summed E-state index contributed by atoms with van der Waals surface area (Å²) in [6, 6.07) is 9.25. The van der Waals surface area contributed by atoms with Crippen molar-refractivity contribution >= 4 is 5.69 Å². The predicted molar refractivity (Wildman–Crippen MR) is 57.0 cm³/mol. The van der Waals surface area contributed by atoms with Crippen LogP contribution in [0.25, 0.3) is 0 Å². The van der Waals surface area contributed by atoms with Gasteiger partial charge in [0.15, 0.2) is 6.10 Å². The number of benzene rings is 1. The Balaban J connectivity index is 2.67. The molecule has 80 valence electrons. The molecule has 0 heterocycles. The van der Waals surface area contributed by atoms with Gasteiger partial charge in [-0.05, 0) is 6.07 Å². The number of nitriles is 1. The van der Waals surface area contributed by atoms with E-state index < -0.39 is 6.10 Å². The van der Waals surface area contributed by atoms with Crippen LogP contribution < -0.4 is 5.73 Å². The Bertz CT molecular complexity index is 347. The first-order chi connectivity index (χ1) is 7.29. The smallest absolute Gasteiger partial charge is 0.171 e. The third-order valence-electron chi connectivity index (χ3n) is 1.97. The van der Waals surface area contributed by atoms with Crippen molar-refractivity contribution in [2.45, 2.75) is 6.10 Å². The third kappa shape index (κ3) is 3.24. The van der Waals surface area contributed by atoms with Gasteiger partial charge in [0, 0.05) is 18.4 Å². The van der Waals surface area contributed by atoms with Crippen LogP contribution in [0.1, 0.15) is 11.7 Å². The average molecular weight is 206 g/mol. The zero-order chi connectivity index (χ0) is 11.1. The van der Waals surface area contributed by atoms with Crippen LogP contribution in [0.5, 0.6) is 0 Å². The van der Waals surface area contributed by atoms with Crippen LogP contribution >= 0.6 is 0 Å². The first kappa shape index (κ1) is 11.5. The number of hydrogen-bond acceptors (Lipinski definition) is 4. The minimum Gasteiger partial charge on any atom is -0.398 e. The second-order valence-electron chi connectivity index (χ2n) is 3.00. The van der Waals surface area contributed by atoms with Gasteiger partial charge in [0.25, 0.3) is 0 Å². The lowest BCUT2D eigenvalue weighted by molar-refractivity contribution is 0.0426. The van der Waals surface area contributed by atoms with Crippen LogP contribution in [0.2, 0.25) is 0 Å². The molecule has 1 unspecified atom stereocenters. The number of rotatable bonds is 5. The Morgan fingerprint density at radius 2 is 2.13 bits per heavy atom. The molecule has 4 nitrogen and oxygen atoms in total. The van der Waals surface area contributed by atoms with Gasteiger partial charge in [0.2, 0.25) is 0 Å². The number of anilines is 1. The molecule has 0 amide bonds. The fourth-order valence-electron chi connectivity index (χ4n) is 1.20. The van der Waals surface area contributed by atoms with E-state index in [2.05, 4.69) is 6.07 Å². The van der Waals surface area contributed by atoms with Crippen molar-refractivity contribution in [2.24, 2.45) is 0 Å². The lowest BCUT2D eigenvalue weighted by atomic mass is 10.1. The molecule has 0 aliphatic heterocycles. The highest BCUT2D eigenvalue weighted by atomic mass is 16.5. The molecule has 15 heavy (non-hydrogen) atoms. The molecule has 1 atom stereocenters. The minimum atomic E-state index is -0.624. The van der Waals surface area contributed by atoms with E-state index in [0.29, 0.717) is 24.5 Å². The molecule has 1 aromatic rings. The Morgan fingerprint density at radius 3 is 2.73 bits per heavy atom. The molecule has 0 aliphatic rings. The van der Waals surface area contributed by atoms with Crippen molar-refractivity contribution in [3.05, 3.63) is 29.8 Å². The molecule has 0 saturated heterocycles. The molecule has 1 aromatic carbocycles. The van der Waals surface area contributed by atoms with E-state index in [9.17, 15) is 0 Å². The van der Waals surface area contributed by atoms with Crippen LogP contribution in [0, 0.1) is 11.3 Å². The van der Waals surface area contributed by atoms with E-state index in [1.54, 1.807) is 19.2 Å². The van der Waals surface area contributed by atoms with Crippen molar-refractivity contribution in [1.29, 1.82) is 5.26 Å². The molecule has 0 saturated carbocycles. The van der Waals surface area contributed by atoms with E-state index in [1.807, 2.05) is 12.1 Å². The summed E-state index contributed by atoms with van der Waals surface area (Å²) in [6.07, 6.45) is -0.624. The summed E-state index contributed by atoms with van der Waals surface area (Å²) in [5.74, 6) is 0. The van der Waals surface area contributed by atoms with Gasteiger partial charge in [-0.15, -0.1) is 0 Å². The summed E-state index contributed by atoms with van der Waals surface area (Å²) in [6.45, 7) is 0.841. The number of ether oxygens (including phenoxy) is 2. The molecule has 0 bridgehead atoms. The van der Waals surface area contributed by atoms with Crippen molar-refractivity contribution < 1.29 is 9.47 Å². The Hall–Kier alpha value is -1.57. The van der Waals surface area contributed by atoms with Crippen molar-refractivity contribution in [2.75, 3.05) is 26.1 Å². The Labute approximate surface area is 89.2 Å². The molecular formula is C11H14N2O2. The minimum absolute atomic E-state index is 0.378. The summed E-state index contributed by atoms with van der Waals surface area (Å²) in [7, 11) is 1.58. The maximum Gasteiger partial charge on any atom is 0.171 e. The van der Waals surface area contributed by atoms with E-state index in [0.717, 1.165) is 0 Å². The second-order valence-corrected chi connectivity index (χ2v) is 3.00. The van der Waals surface area contributed by atoms with Crippen molar-refractivity contribution in [3.63, 3.8) is 0 Å². The van der Waals surface area contributed by atoms with Crippen molar-refractivity contribution in [3.8, 4) is 6.07 Å². The van der Waals surface area contributed by atoms with Gasteiger partial charge < -0.3 is 15.2 Å². The molecule has 0 radical (unpaired) electrons. The number of nitrogens with zero attached hydrogens (tertiary/aromatic N) is 1. The molecule has 0 spiro atoms. The fraction of sp³-hybridized carbons (Fsp3) is 0.364. The van der Waals surface area contributed by atoms with E-state index in [4.69, 9.17) is 20.5 Å². The number of para-hydroxylation sites is 1. The van der Waals surface area contributed by atoms with Crippen LogP contribution in [-0.4, -0.2) is 20.3 Å². The highest BCUT2D eigenvalue weighted by molar-refractivity contribution is 5.49. The molecule has 0 fully saturated rings. The largest absolute Gasteiger partial charge is 0.398 e. The molecule has 0 aliphatic carbocycles. The van der Waals surface area contributed by atoms with Gasteiger partial charge in [-0.3, -0.25) is 0 Å². The summed E-state index contributed by atoms with van der Waals surface area (Å²) < 4.78 is 10.2. The number of methoxy groups -OCH3 is 1. The summed E-state index contributed by atoms with van der Waals surface area (Å²) in [4.78, 5) is 0. The van der Waals surface area contributed by atoms with E-state index in [1.165, 1.54) is 0 Å². The zero-order valence-electron chi connectivity index (χ0n) is 8.64. The standard InChI is InChI=1S/C11H14N2O2/c1-14-6-7-15-11(8-12)9-4-2-3-5-10(9)13/h2-5,11H,6-7,13H2,1H3. The van der Waals surface area contributed by atoms with E-state index in [-0.39, 0.29) is 0 Å². The van der Waals surface area contributed by atoms with Gasteiger partial charge in [-0.1, -0.05) is 18.2 Å². The van der Waals surface area contributed by atoms with Crippen LogP contribution in [-0.2, 0) is 9.47 Å². The molecule has 0 aromatic heterocycles. The topological polar surface area (TPSA) is 68.3 Å². The van der Waals surface area contributed by atoms with Crippen LogP contribution in [0.15, 0.2) is 24.3 Å². The Kier molecular flexibility index (Phi) is 4.61. The highest BCUT2D eigenvalue weighted by Crippen LogP contribution is 2.22. The lowest BCUT2D eigenvalue weighted by Gasteiger charge is -2.12. The molecule has 4 heteroatoms. The van der Waals surface area contributed by atoms with Crippen molar-refractivity contribution in [1.82, 2.24) is 0 Å². The number of hydrogen-bond donors (Lipinski definition) is 1. The zero-order valence-corrected chi connectivity index (χ0v) is 8.64. The summed E-state index contributed by atoms with van der Waals surface area (Å²) in [5, 5.41) is 8.93. The monoisotopic (exact) mass is 206 g/mol. The summed E-state index contributed by atoms with van der Waals surface area (Å²) >= 11 is 0. The van der Waals surface area contributed by atoms with E-state index >= 15 is 0 Å². The molecule has 2 N–H and O–H groups in total.